The third kappa shape index (κ3) is 2.35. The van der Waals surface area contributed by atoms with Crippen LogP contribution in [0, 0.1) is 6.92 Å². The van der Waals surface area contributed by atoms with Crippen molar-refractivity contribution in [1.29, 1.82) is 0 Å². The van der Waals surface area contributed by atoms with Gasteiger partial charge in [-0.25, -0.2) is 0 Å². The smallest absolute Gasteiger partial charge is 0.0441 e. The van der Waals surface area contributed by atoms with Gasteiger partial charge in [0, 0.05) is 15.1 Å². The molecule has 0 heterocycles. The Labute approximate surface area is 110 Å². The van der Waals surface area contributed by atoms with Crippen molar-refractivity contribution in [2.45, 2.75) is 6.92 Å². The van der Waals surface area contributed by atoms with Crippen molar-refractivity contribution < 1.29 is 0 Å². The van der Waals surface area contributed by atoms with E-state index in [1.165, 1.54) is 0 Å². The molecule has 0 radical (unpaired) electrons. The van der Waals surface area contributed by atoms with Crippen molar-refractivity contribution in [3.05, 3.63) is 57.0 Å². The largest absolute Gasteiger partial charge is 0.0843 e. The zero-order chi connectivity index (χ0) is 11.7. The minimum atomic E-state index is 0.627. The maximum Gasteiger partial charge on any atom is 0.0441 e. The molecule has 0 aliphatic carbocycles. The van der Waals surface area contributed by atoms with Crippen LogP contribution in [0.1, 0.15) is 5.56 Å². The van der Waals surface area contributed by atoms with Crippen molar-refractivity contribution in [2.24, 2.45) is 0 Å². The van der Waals surface area contributed by atoms with Crippen LogP contribution in [-0.4, -0.2) is 0 Å². The van der Waals surface area contributed by atoms with Gasteiger partial charge in [-0.05, 0) is 47.9 Å². The second-order valence-corrected chi connectivity index (χ2v) is 4.85. The molecule has 0 nitrogen and oxygen atoms in total. The van der Waals surface area contributed by atoms with Gasteiger partial charge in [0.25, 0.3) is 0 Å². The lowest BCUT2D eigenvalue weighted by Crippen LogP contribution is -1.84. The Morgan fingerprint density at radius 1 is 0.875 bits per heavy atom. The van der Waals surface area contributed by atoms with Gasteiger partial charge >= 0.3 is 0 Å². The molecular weight excluding hydrogens is 263 g/mol. The summed E-state index contributed by atoms with van der Waals surface area (Å²) in [4.78, 5) is 0. The average molecular weight is 272 g/mol. The second kappa shape index (κ2) is 4.67. The van der Waals surface area contributed by atoms with Crippen LogP contribution in [0.15, 0.2) is 36.4 Å². The maximum atomic E-state index is 6.08. The highest BCUT2D eigenvalue weighted by Crippen LogP contribution is 2.31. The number of hydrogen-bond acceptors (Lipinski definition) is 0. The summed E-state index contributed by atoms with van der Waals surface area (Å²) in [6, 6.07) is 11.3. The van der Waals surface area contributed by atoms with Gasteiger partial charge < -0.3 is 0 Å². The van der Waals surface area contributed by atoms with E-state index in [0.717, 1.165) is 21.7 Å². The van der Waals surface area contributed by atoms with E-state index in [2.05, 4.69) is 0 Å². The summed E-state index contributed by atoms with van der Waals surface area (Å²) in [5, 5.41) is 2.00. The maximum absolute atomic E-state index is 6.08. The van der Waals surface area contributed by atoms with E-state index in [1.54, 1.807) is 6.07 Å². The molecule has 0 amide bonds. The first-order valence-electron chi connectivity index (χ1n) is 4.79. The van der Waals surface area contributed by atoms with Gasteiger partial charge in [-0.2, -0.15) is 0 Å². The number of halogens is 3. The molecule has 0 aliphatic rings. The van der Waals surface area contributed by atoms with Gasteiger partial charge in [-0.3, -0.25) is 0 Å². The van der Waals surface area contributed by atoms with Crippen LogP contribution in [0.4, 0.5) is 0 Å². The van der Waals surface area contributed by atoms with E-state index in [9.17, 15) is 0 Å². The molecule has 0 saturated heterocycles. The van der Waals surface area contributed by atoms with Crippen LogP contribution in [0.3, 0.4) is 0 Å². The van der Waals surface area contributed by atoms with Crippen LogP contribution < -0.4 is 0 Å². The molecule has 0 aromatic heterocycles. The molecule has 16 heavy (non-hydrogen) atoms. The molecule has 3 heteroatoms. The highest BCUT2D eigenvalue weighted by Gasteiger charge is 2.06. The standard InChI is InChI=1S/C13H9Cl3/c1-8-12(3-2-4-13(8)16)9-5-10(14)7-11(15)6-9/h2-7H,1H3. The van der Waals surface area contributed by atoms with Gasteiger partial charge in [0.15, 0.2) is 0 Å². The van der Waals surface area contributed by atoms with E-state index >= 15 is 0 Å². The summed E-state index contributed by atoms with van der Waals surface area (Å²) >= 11 is 18.0. The third-order valence-corrected chi connectivity index (χ3v) is 3.29. The molecule has 0 spiro atoms. The minimum Gasteiger partial charge on any atom is -0.0843 e. The summed E-state index contributed by atoms with van der Waals surface area (Å²) in [5.41, 5.74) is 3.07. The van der Waals surface area contributed by atoms with Crippen molar-refractivity contribution in [3.63, 3.8) is 0 Å². The zero-order valence-electron chi connectivity index (χ0n) is 8.60. The number of hydrogen-bond donors (Lipinski definition) is 0. The Kier molecular flexibility index (Phi) is 3.44. The van der Waals surface area contributed by atoms with Crippen LogP contribution in [-0.2, 0) is 0 Å². The molecule has 0 atom stereocenters. The van der Waals surface area contributed by atoms with Crippen molar-refractivity contribution in [2.75, 3.05) is 0 Å². The SMILES string of the molecule is Cc1c(Cl)cccc1-c1cc(Cl)cc(Cl)c1. The van der Waals surface area contributed by atoms with Crippen molar-refractivity contribution in [3.8, 4) is 11.1 Å². The van der Waals surface area contributed by atoms with Gasteiger partial charge in [0.2, 0.25) is 0 Å². The molecule has 2 aromatic carbocycles. The van der Waals surface area contributed by atoms with Crippen LogP contribution >= 0.6 is 34.8 Å². The quantitative estimate of drug-likeness (QED) is 0.631. The van der Waals surface area contributed by atoms with Gasteiger partial charge in [0.1, 0.15) is 0 Å². The fraction of sp³-hybridized carbons (Fsp3) is 0.0769. The Hall–Kier alpha value is -0.690. The second-order valence-electron chi connectivity index (χ2n) is 3.57. The van der Waals surface area contributed by atoms with E-state index in [1.807, 2.05) is 37.3 Å². The lowest BCUT2D eigenvalue weighted by atomic mass is 10.0. The van der Waals surface area contributed by atoms with Crippen molar-refractivity contribution in [1.82, 2.24) is 0 Å². The van der Waals surface area contributed by atoms with Crippen LogP contribution in [0.5, 0.6) is 0 Å². The number of rotatable bonds is 1. The molecule has 0 aliphatic heterocycles. The fourth-order valence-electron chi connectivity index (χ4n) is 1.63. The Morgan fingerprint density at radius 2 is 1.50 bits per heavy atom. The Bertz CT molecular complexity index is 512. The molecule has 2 aromatic rings. The topological polar surface area (TPSA) is 0 Å². The van der Waals surface area contributed by atoms with E-state index in [-0.39, 0.29) is 0 Å². The van der Waals surface area contributed by atoms with E-state index < -0.39 is 0 Å². The first-order valence-corrected chi connectivity index (χ1v) is 5.93. The van der Waals surface area contributed by atoms with Crippen LogP contribution in [0.25, 0.3) is 11.1 Å². The number of benzene rings is 2. The molecule has 0 N–H and O–H groups in total. The highest BCUT2D eigenvalue weighted by atomic mass is 35.5. The monoisotopic (exact) mass is 270 g/mol. The summed E-state index contributed by atoms with van der Waals surface area (Å²) < 4.78 is 0. The molecule has 82 valence electrons. The minimum absolute atomic E-state index is 0.627. The molecule has 0 fully saturated rings. The molecule has 2 rings (SSSR count). The highest BCUT2D eigenvalue weighted by molar-refractivity contribution is 6.35. The van der Waals surface area contributed by atoms with Crippen molar-refractivity contribution >= 4 is 34.8 Å². The lowest BCUT2D eigenvalue weighted by Gasteiger charge is -2.08. The summed E-state index contributed by atoms with van der Waals surface area (Å²) in [6.45, 7) is 1.98. The first-order chi connectivity index (χ1) is 7.58. The zero-order valence-corrected chi connectivity index (χ0v) is 10.9. The van der Waals surface area contributed by atoms with Gasteiger partial charge in [-0.1, -0.05) is 46.9 Å². The third-order valence-electron chi connectivity index (χ3n) is 2.44. The average Bonchev–Trinajstić information content (AvgIpc) is 2.20. The summed E-state index contributed by atoms with van der Waals surface area (Å²) in [5.74, 6) is 0. The Morgan fingerprint density at radius 3 is 2.12 bits per heavy atom. The fourth-order valence-corrected chi connectivity index (χ4v) is 2.33. The van der Waals surface area contributed by atoms with Gasteiger partial charge in [0.05, 0.1) is 0 Å². The Balaban J connectivity index is 2.63. The lowest BCUT2D eigenvalue weighted by molar-refractivity contribution is 1.46. The molecule has 0 saturated carbocycles. The molecular formula is C13H9Cl3. The first kappa shape index (κ1) is 11.8. The van der Waals surface area contributed by atoms with E-state index in [0.29, 0.717) is 10.0 Å². The predicted molar refractivity (Wildman–Crippen MR) is 71.6 cm³/mol. The molecule has 0 bridgehead atoms. The normalized spacial score (nSPS) is 10.5. The van der Waals surface area contributed by atoms with E-state index in [4.69, 9.17) is 34.8 Å². The van der Waals surface area contributed by atoms with Crippen LogP contribution in [0.2, 0.25) is 15.1 Å². The summed E-state index contributed by atoms with van der Waals surface area (Å²) in [7, 11) is 0. The molecule has 0 unspecified atom stereocenters. The van der Waals surface area contributed by atoms with Gasteiger partial charge in [-0.15, -0.1) is 0 Å². The predicted octanol–water partition coefficient (Wildman–Crippen LogP) is 5.62. The summed E-state index contributed by atoms with van der Waals surface area (Å²) in [6.07, 6.45) is 0.